The first kappa shape index (κ1) is 17.2. The van der Waals surface area contributed by atoms with Crippen LogP contribution in [0.15, 0.2) is 36.4 Å². The summed E-state index contributed by atoms with van der Waals surface area (Å²) in [4.78, 5) is 4.37. The van der Waals surface area contributed by atoms with Gasteiger partial charge in [-0.2, -0.15) is 4.98 Å². The molecule has 136 valence electrons. The number of aromatic nitrogens is 2. The largest absolute Gasteiger partial charge is 0.490 e. The molecule has 0 fully saturated rings. The van der Waals surface area contributed by atoms with Crippen LogP contribution in [0, 0.1) is 5.82 Å². The second kappa shape index (κ2) is 6.16. The standard InChI is InChI=1S/C20H20ClFN2O2/c1-20(2,3)12-4-6-13(7-5-12)25-11-14-10-24-18-9-16(22)15(21)8-17(18)23-19(24)26-14/h4-9,14H,10-11H2,1-3H3/t14-/m0/s1. The normalized spacial score (nSPS) is 16.6. The van der Waals surface area contributed by atoms with E-state index >= 15 is 0 Å². The van der Waals surface area contributed by atoms with Gasteiger partial charge in [0.2, 0.25) is 0 Å². The summed E-state index contributed by atoms with van der Waals surface area (Å²) in [6, 6.07) is 11.5. The maximum Gasteiger partial charge on any atom is 0.297 e. The minimum absolute atomic E-state index is 0.0628. The van der Waals surface area contributed by atoms with Crippen molar-refractivity contribution in [1.82, 2.24) is 9.55 Å². The first-order valence-electron chi connectivity index (χ1n) is 8.56. The van der Waals surface area contributed by atoms with Gasteiger partial charge in [0.15, 0.2) is 6.10 Å². The Labute approximate surface area is 156 Å². The molecular formula is C20H20ClFN2O2. The van der Waals surface area contributed by atoms with Gasteiger partial charge in [-0.15, -0.1) is 0 Å². The molecule has 6 heteroatoms. The van der Waals surface area contributed by atoms with E-state index in [4.69, 9.17) is 21.1 Å². The minimum Gasteiger partial charge on any atom is -0.490 e. The predicted molar refractivity (Wildman–Crippen MR) is 99.8 cm³/mol. The van der Waals surface area contributed by atoms with E-state index in [1.807, 2.05) is 16.7 Å². The first-order valence-corrected chi connectivity index (χ1v) is 8.94. The van der Waals surface area contributed by atoms with Crippen LogP contribution in [0.2, 0.25) is 5.02 Å². The molecule has 0 saturated carbocycles. The Morgan fingerprint density at radius 3 is 2.69 bits per heavy atom. The van der Waals surface area contributed by atoms with Crippen molar-refractivity contribution in [2.24, 2.45) is 0 Å². The first-order chi connectivity index (χ1) is 12.3. The number of nitrogens with zero attached hydrogens (tertiary/aromatic N) is 2. The fourth-order valence-electron chi connectivity index (χ4n) is 3.08. The van der Waals surface area contributed by atoms with Gasteiger partial charge < -0.3 is 9.47 Å². The highest BCUT2D eigenvalue weighted by molar-refractivity contribution is 6.31. The third-order valence-corrected chi connectivity index (χ3v) is 4.86. The Balaban J connectivity index is 1.43. The molecule has 2 heterocycles. The Bertz CT molecular complexity index is 961. The molecule has 0 radical (unpaired) electrons. The summed E-state index contributed by atoms with van der Waals surface area (Å²) in [6.45, 7) is 7.49. The molecule has 1 aliphatic heterocycles. The van der Waals surface area contributed by atoms with Crippen LogP contribution in [-0.2, 0) is 12.0 Å². The highest BCUT2D eigenvalue weighted by Crippen LogP contribution is 2.31. The SMILES string of the molecule is CC(C)(C)c1ccc(OC[C@@H]2Cn3c(nc4cc(Cl)c(F)cc43)O2)cc1. The molecule has 3 aromatic rings. The highest BCUT2D eigenvalue weighted by Gasteiger charge is 2.27. The Morgan fingerprint density at radius 2 is 2.00 bits per heavy atom. The molecule has 4 nitrogen and oxygen atoms in total. The molecule has 1 aliphatic rings. The van der Waals surface area contributed by atoms with E-state index in [0.29, 0.717) is 30.2 Å². The Kier molecular flexibility index (Phi) is 4.07. The number of fused-ring (bicyclic) bond motifs is 3. The maximum atomic E-state index is 13.7. The molecule has 0 saturated heterocycles. The lowest BCUT2D eigenvalue weighted by Crippen LogP contribution is -2.23. The number of ether oxygens (including phenoxy) is 2. The van der Waals surface area contributed by atoms with E-state index in [2.05, 4.69) is 37.9 Å². The van der Waals surface area contributed by atoms with Gasteiger partial charge in [0.25, 0.3) is 6.01 Å². The molecule has 2 aromatic carbocycles. The van der Waals surface area contributed by atoms with Gasteiger partial charge in [0.05, 0.1) is 22.6 Å². The second-order valence-corrected chi connectivity index (χ2v) is 7.99. The van der Waals surface area contributed by atoms with Gasteiger partial charge in [0, 0.05) is 6.07 Å². The quantitative estimate of drug-likeness (QED) is 0.649. The van der Waals surface area contributed by atoms with E-state index < -0.39 is 5.82 Å². The number of halogens is 2. The molecular weight excluding hydrogens is 355 g/mol. The molecule has 26 heavy (non-hydrogen) atoms. The van der Waals surface area contributed by atoms with Crippen LogP contribution in [0.3, 0.4) is 0 Å². The summed E-state index contributed by atoms with van der Waals surface area (Å²) < 4.78 is 27.3. The van der Waals surface area contributed by atoms with E-state index in [0.717, 1.165) is 5.75 Å². The number of hydrogen-bond acceptors (Lipinski definition) is 3. The van der Waals surface area contributed by atoms with Gasteiger partial charge in [-0.25, -0.2) is 4.39 Å². The topological polar surface area (TPSA) is 36.3 Å². The second-order valence-electron chi connectivity index (χ2n) is 7.59. The smallest absolute Gasteiger partial charge is 0.297 e. The van der Waals surface area contributed by atoms with Crippen LogP contribution in [-0.4, -0.2) is 22.3 Å². The zero-order valence-electron chi connectivity index (χ0n) is 14.9. The summed E-state index contributed by atoms with van der Waals surface area (Å²) in [7, 11) is 0. The molecule has 4 rings (SSSR count). The van der Waals surface area contributed by atoms with Crippen LogP contribution >= 0.6 is 11.6 Å². The molecule has 0 N–H and O–H groups in total. The lowest BCUT2D eigenvalue weighted by Gasteiger charge is -2.19. The Hall–Kier alpha value is -2.27. The molecule has 0 aliphatic carbocycles. The van der Waals surface area contributed by atoms with Gasteiger partial charge in [-0.3, -0.25) is 4.57 Å². The predicted octanol–water partition coefficient (Wildman–Crippen LogP) is 4.97. The summed E-state index contributed by atoms with van der Waals surface area (Å²) in [5.74, 6) is 0.342. The maximum absolute atomic E-state index is 13.7. The molecule has 1 atom stereocenters. The highest BCUT2D eigenvalue weighted by atomic mass is 35.5. The Morgan fingerprint density at radius 1 is 1.27 bits per heavy atom. The molecule has 0 amide bonds. The molecule has 0 bridgehead atoms. The lowest BCUT2D eigenvalue weighted by atomic mass is 9.87. The van der Waals surface area contributed by atoms with Crippen LogP contribution < -0.4 is 9.47 Å². The van der Waals surface area contributed by atoms with Crippen LogP contribution in [0.25, 0.3) is 11.0 Å². The van der Waals surface area contributed by atoms with E-state index in [9.17, 15) is 4.39 Å². The number of rotatable bonds is 3. The average Bonchev–Trinajstić information content (AvgIpc) is 3.11. The monoisotopic (exact) mass is 374 g/mol. The summed E-state index contributed by atoms with van der Waals surface area (Å²) in [6.07, 6.45) is -0.164. The van der Waals surface area contributed by atoms with Crippen molar-refractivity contribution >= 4 is 22.6 Å². The molecule has 0 unspecified atom stereocenters. The lowest BCUT2D eigenvalue weighted by molar-refractivity contribution is 0.144. The summed E-state index contributed by atoms with van der Waals surface area (Å²) >= 11 is 5.81. The molecule has 0 spiro atoms. The van der Waals surface area contributed by atoms with Crippen molar-refractivity contribution in [3.8, 4) is 11.8 Å². The van der Waals surface area contributed by atoms with Crippen molar-refractivity contribution in [2.45, 2.75) is 38.8 Å². The molecule has 1 aromatic heterocycles. The third kappa shape index (κ3) is 3.12. The zero-order valence-corrected chi connectivity index (χ0v) is 15.7. The van der Waals surface area contributed by atoms with Gasteiger partial charge in [-0.1, -0.05) is 44.5 Å². The third-order valence-electron chi connectivity index (χ3n) is 4.57. The summed E-state index contributed by atoms with van der Waals surface area (Å²) in [5, 5.41) is 0.0628. The fraction of sp³-hybridized carbons (Fsp3) is 0.350. The van der Waals surface area contributed by atoms with E-state index in [1.165, 1.54) is 17.7 Å². The number of imidazole rings is 1. The van der Waals surface area contributed by atoms with Crippen molar-refractivity contribution in [2.75, 3.05) is 6.61 Å². The minimum atomic E-state index is -0.458. The zero-order chi connectivity index (χ0) is 18.5. The van der Waals surface area contributed by atoms with Crippen molar-refractivity contribution in [1.29, 1.82) is 0 Å². The van der Waals surface area contributed by atoms with Crippen LogP contribution in [0.1, 0.15) is 26.3 Å². The van der Waals surface area contributed by atoms with E-state index in [1.54, 1.807) is 0 Å². The van der Waals surface area contributed by atoms with Gasteiger partial charge in [0.1, 0.15) is 18.2 Å². The number of hydrogen-bond donors (Lipinski definition) is 0. The van der Waals surface area contributed by atoms with Crippen LogP contribution in [0.4, 0.5) is 4.39 Å². The van der Waals surface area contributed by atoms with Crippen molar-refractivity contribution in [3.05, 3.63) is 52.8 Å². The summed E-state index contributed by atoms with van der Waals surface area (Å²) in [5.41, 5.74) is 2.68. The van der Waals surface area contributed by atoms with Crippen molar-refractivity contribution in [3.63, 3.8) is 0 Å². The van der Waals surface area contributed by atoms with Crippen molar-refractivity contribution < 1.29 is 13.9 Å². The average molecular weight is 375 g/mol. The van der Waals surface area contributed by atoms with Crippen LogP contribution in [0.5, 0.6) is 11.8 Å². The fourth-order valence-corrected chi connectivity index (χ4v) is 3.24. The van der Waals surface area contributed by atoms with Gasteiger partial charge in [-0.05, 0) is 29.2 Å². The van der Waals surface area contributed by atoms with E-state index in [-0.39, 0.29) is 16.5 Å². The number of benzene rings is 2. The van der Waals surface area contributed by atoms with Gasteiger partial charge >= 0.3 is 0 Å².